The molecule has 144 valence electrons. The molecule has 6 nitrogen and oxygen atoms in total. The molecule has 0 saturated heterocycles. The number of nitro benzene ring substituents is 1. The zero-order chi connectivity index (χ0) is 20.4. The molecule has 0 atom stereocenters. The van der Waals surface area contributed by atoms with E-state index >= 15 is 0 Å². The number of nitro groups is 1. The fraction of sp³-hybridized carbons (Fsp3) is 0.0909. The van der Waals surface area contributed by atoms with Gasteiger partial charge in [-0.2, -0.15) is 9.78 Å². The first-order valence-electron chi connectivity index (χ1n) is 8.95. The molecule has 7 heteroatoms. The van der Waals surface area contributed by atoms with Gasteiger partial charge in [0.15, 0.2) is 0 Å². The molecule has 0 N–H and O–H groups in total. The van der Waals surface area contributed by atoms with Gasteiger partial charge >= 0.3 is 0 Å². The minimum absolute atomic E-state index is 0.0308. The molecule has 0 amide bonds. The number of fused-ring (bicyclic) bond motifs is 1. The van der Waals surface area contributed by atoms with Crippen molar-refractivity contribution in [1.29, 1.82) is 0 Å². The number of thioether (sulfide) groups is 1. The summed E-state index contributed by atoms with van der Waals surface area (Å²) in [6, 6.07) is 21.5. The van der Waals surface area contributed by atoms with E-state index in [-0.39, 0.29) is 11.2 Å². The lowest BCUT2D eigenvalue weighted by atomic mass is 10.0. The van der Waals surface area contributed by atoms with Crippen molar-refractivity contribution in [3.8, 4) is 5.69 Å². The van der Waals surface area contributed by atoms with Gasteiger partial charge in [0.05, 0.1) is 21.7 Å². The fourth-order valence-corrected chi connectivity index (χ4v) is 3.62. The van der Waals surface area contributed by atoms with E-state index in [9.17, 15) is 14.9 Å². The Hall–Kier alpha value is -3.45. The molecule has 1 aromatic heterocycles. The van der Waals surface area contributed by atoms with Crippen molar-refractivity contribution in [2.24, 2.45) is 0 Å². The molecule has 3 aromatic carbocycles. The van der Waals surface area contributed by atoms with Gasteiger partial charge in [-0.05, 0) is 42.2 Å². The molecule has 0 bridgehead atoms. The molecule has 0 spiro atoms. The van der Waals surface area contributed by atoms with Gasteiger partial charge in [-0.25, -0.2) is 0 Å². The summed E-state index contributed by atoms with van der Waals surface area (Å²) in [5.74, 6) is 0. The summed E-state index contributed by atoms with van der Waals surface area (Å²) in [6.45, 7) is 0. The van der Waals surface area contributed by atoms with Gasteiger partial charge in [-0.1, -0.05) is 30.3 Å². The van der Waals surface area contributed by atoms with Gasteiger partial charge in [0.2, 0.25) is 0 Å². The highest BCUT2D eigenvalue weighted by molar-refractivity contribution is 7.98. The van der Waals surface area contributed by atoms with Crippen LogP contribution in [0.15, 0.2) is 82.5 Å². The minimum Gasteiger partial charge on any atom is -0.267 e. The number of non-ortho nitro benzene ring substituents is 1. The third-order valence-electron chi connectivity index (χ3n) is 4.72. The van der Waals surface area contributed by atoms with E-state index < -0.39 is 4.92 Å². The molecule has 0 unspecified atom stereocenters. The Morgan fingerprint density at radius 3 is 2.24 bits per heavy atom. The largest absolute Gasteiger partial charge is 0.279 e. The van der Waals surface area contributed by atoms with E-state index in [1.807, 2.05) is 24.5 Å². The summed E-state index contributed by atoms with van der Waals surface area (Å²) in [4.78, 5) is 24.6. The van der Waals surface area contributed by atoms with Crippen molar-refractivity contribution < 1.29 is 4.92 Å². The van der Waals surface area contributed by atoms with Crippen LogP contribution in [-0.2, 0) is 6.42 Å². The van der Waals surface area contributed by atoms with E-state index in [1.165, 1.54) is 21.7 Å². The van der Waals surface area contributed by atoms with Crippen molar-refractivity contribution in [3.63, 3.8) is 0 Å². The smallest absolute Gasteiger partial charge is 0.267 e. The van der Waals surface area contributed by atoms with Gasteiger partial charge in [-0.3, -0.25) is 14.9 Å². The highest BCUT2D eigenvalue weighted by atomic mass is 32.2. The van der Waals surface area contributed by atoms with Crippen molar-refractivity contribution in [2.75, 3.05) is 6.26 Å². The van der Waals surface area contributed by atoms with Gasteiger partial charge in [0.1, 0.15) is 0 Å². The summed E-state index contributed by atoms with van der Waals surface area (Å²) in [6.07, 6.45) is 2.60. The molecule has 4 aromatic rings. The number of rotatable bonds is 5. The first-order chi connectivity index (χ1) is 14.1. The molecule has 0 saturated carbocycles. The van der Waals surface area contributed by atoms with Crippen LogP contribution in [0.4, 0.5) is 5.69 Å². The van der Waals surface area contributed by atoms with Gasteiger partial charge in [0, 0.05) is 28.8 Å². The Bertz CT molecular complexity index is 1250. The number of aromatic nitrogens is 2. The maximum absolute atomic E-state index is 13.0. The summed E-state index contributed by atoms with van der Waals surface area (Å²) < 4.78 is 1.32. The summed E-state index contributed by atoms with van der Waals surface area (Å²) in [7, 11) is 0. The Kier molecular flexibility index (Phi) is 5.14. The highest BCUT2D eigenvalue weighted by Gasteiger charge is 2.13. The average Bonchev–Trinajstić information content (AvgIpc) is 2.76. The maximum atomic E-state index is 13.0. The minimum atomic E-state index is -0.468. The van der Waals surface area contributed by atoms with Crippen LogP contribution in [-0.4, -0.2) is 21.0 Å². The SMILES string of the molecule is CSc1ccc(Cc2nn(-c3ccc([N+](=O)[O-])cc3)c(=O)c3ccccc23)cc1. The van der Waals surface area contributed by atoms with Crippen LogP contribution in [0.2, 0.25) is 0 Å². The van der Waals surface area contributed by atoms with Crippen LogP contribution < -0.4 is 5.56 Å². The summed E-state index contributed by atoms with van der Waals surface area (Å²) in [5, 5.41) is 16.9. The van der Waals surface area contributed by atoms with Gasteiger partial charge < -0.3 is 0 Å². The van der Waals surface area contributed by atoms with Gasteiger partial charge in [-0.15, -0.1) is 11.8 Å². The Morgan fingerprint density at radius 1 is 0.966 bits per heavy atom. The normalized spacial score (nSPS) is 10.9. The molecular weight excluding hydrogens is 386 g/mol. The van der Waals surface area contributed by atoms with Crippen LogP contribution in [0, 0.1) is 10.1 Å². The average molecular weight is 403 g/mol. The van der Waals surface area contributed by atoms with E-state index in [4.69, 9.17) is 0 Å². The topological polar surface area (TPSA) is 78.0 Å². The predicted molar refractivity (Wildman–Crippen MR) is 115 cm³/mol. The Labute approximate surface area is 171 Å². The number of nitrogens with zero attached hydrogens (tertiary/aromatic N) is 3. The predicted octanol–water partition coefficient (Wildman–Crippen LogP) is 4.61. The van der Waals surface area contributed by atoms with Crippen LogP contribution in [0.1, 0.15) is 11.3 Å². The Morgan fingerprint density at radius 2 is 1.62 bits per heavy atom. The quantitative estimate of drug-likeness (QED) is 0.276. The van der Waals surface area contributed by atoms with Crippen LogP contribution >= 0.6 is 11.8 Å². The standard InChI is InChI=1S/C22H17N3O3S/c1-29-18-12-6-15(7-13-18)14-21-19-4-2-3-5-20(19)22(26)24(23-21)16-8-10-17(11-9-16)25(27)28/h2-13H,14H2,1H3. The number of hydrogen-bond acceptors (Lipinski definition) is 5. The second-order valence-electron chi connectivity index (χ2n) is 6.51. The second-order valence-corrected chi connectivity index (χ2v) is 7.39. The monoisotopic (exact) mass is 403 g/mol. The second kappa shape index (κ2) is 7.89. The number of benzene rings is 3. The van der Waals surface area contributed by atoms with Crippen LogP contribution in [0.25, 0.3) is 16.5 Å². The third-order valence-corrected chi connectivity index (χ3v) is 5.46. The van der Waals surface area contributed by atoms with Crippen molar-refractivity contribution in [1.82, 2.24) is 9.78 Å². The fourth-order valence-electron chi connectivity index (χ4n) is 3.21. The van der Waals surface area contributed by atoms with E-state index in [0.717, 1.165) is 16.6 Å². The molecule has 0 fully saturated rings. The lowest BCUT2D eigenvalue weighted by Gasteiger charge is -2.11. The molecule has 4 rings (SSSR count). The molecule has 0 aliphatic carbocycles. The zero-order valence-corrected chi connectivity index (χ0v) is 16.4. The zero-order valence-electron chi connectivity index (χ0n) is 15.6. The van der Waals surface area contributed by atoms with Crippen molar-refractivity contribution >= 4 is 28.2 Å². The maximum Gasteiger partial charge on any atom is 0.279 e. The van der Waals surface area contributed by atoms with E-state index in [1.54, 1.807) is 30.0 Å². The summed E-state index contributed by atoms with van der Waals surface area (Å²) >= 11 is 1.68. The van der Waals surface area contributed by atoms with Crippen LogP contribution in [0.3, 0.4) is 0 Å². The molecular formula is C22H17N3O3S. The van der Waals surface area contributed by atoms with E-state index in [2.05, 4.69) is 29.4 Å². The van der Waals surface area contributed by atoms with Crippen molar-refractivity contribution in [2.45, 2.75) is 11.3 Å². The molecule has 0 radical (unpaired) electrons. The first kappa shape index (κ1) is 18.9. The van der Waals surface area contributed by atoms with Crippen molar-refractivity contribution in [3.05, 3.63) is 105 Å². The lowest BCUT2D eigenvalue weighted by Crippen LogP contribution is -2.23. The van der Waals surface area contributed by atoms with Gasteiger partial charge in [0.25, 0.3) is 11.2 Å². The first-order valence-corrected chi connectivity index (χ1v) is 10.2. The lowest BCUT2D eigenvalue weighted by molar-refractivity contribution is -0.384. The summed E-state index contributed by atoms with van der Waals surface area (Å²) in [5.41, 5.74) is 2.07. The third kappa shape index (κ3) is 3.77. The molecule has 1 heterocycles. The Balaban J connectivity index is 1.84. The molecule has 0 aliphatic heterocycles. The highest BCUT2D eigenvalue weighted by Crippen LogP contribution is 2.21. The molecule has 29 heavy (non-hydrogen) atoms. The van der Waals surface area contributed by atoms with E-state index in [0.29, 0.717) is 17.5 Å². The van der Waals surface area contributed by atoms with Crippen LogP contribution in [0.5, 0.6) is 0 Å². The molecule has 0 aliphatic rings. The number of hydrogen-bond donors (Lipinski definition) is 0.